The van der Waals surface area contributed by atoms with Gasteiger partial charge in [0.15, 0.2) is 0 Å². The van der Waals surface area contributed by atoms with Crippen LogP contribution < -0.4 is 5.32 Å². The molecule has 0 aromatic heterocycles. The molecule has 0 aliphatic rings. The van der Waals surface area contributed by atoms with Crippen molar-refractivity contribution in [3.63, 3.8) is 0 Å². The van der Waals surface area contributed by atoms with Gasteiger partial charge in [0.25, 0.3) is 0 Å². The Morgan fingerprint density at radius 1 is 1.32 bits per heavy atom. The number of nitrogens with one attached hydrogen (secondary N) is 1. The van der Waals surface area contributed by atoms with Crippen LogP contribution in [0, 0.1) is 0 Å². The number of rotatable bonds is 7. The van der Waals surface area contributed by atoms with E-state index in [0.29, 0.717) is 6.54 Å². The monoisotopic (exact) mass is 285 g/mol. The van der Waals surface area contributed by atoms with Gasteiger partial charge in [-0.3, -0.25) is 4.79 Å². The van der Waals surface area contributed by atoms with Crippen LogP contribution in [0.25, 0.3) is 0 Å². The summed E-state index contributed by atoms with van der Waals surface area (Å²) in [5.74, 6) is -0.815. The smallest absolute Gasteiger partial charge is 0.307 e. The summed E-state index contributed by atoms with van der Waals surface area (Å²) in [6.07, 6.45) is 1.17. The first-order valence-electron chi connectivity index (χ1n) is 5.97. The Morgan fingerprint density at radius 3 is 2.42 bits per heavy atom. The number of hydrogen-bond donors (Lipinski definition) is 2. The largest absolute Gasteiger partial charge is 0.481 e. The lowest BCUT2D eigenvalue weighted by Gasteiger charge is -2.14. The van der Waals surface area contributed by atoms with Crippen LogP contribution in [0.3, 0.4) is 0 Å². The average Bonchev–Trinajstić information content (AvgIpc) is 2.24. The summed E-state index contributed by atoms with van der Waals surface area (Å²) in [5, 5.41) is 11.9. The number of benzene rings is 1. The first-order valence-corrected chi connectivity index (χ1v) is 8.03. The quantitative estimate of drug-likeness (QED) is 0.775. The lowest BCUT2D eigenvalue weighted by Crippen LogP contribution is -2.32. The topological polar surface area (TPSA) is 83.5 Å². The maximum atomic E-state index is 11.1. The van der Waals surface area contributed by atoms with E-state index in [4.69, 9.17) is 5.11 Å². The molecule has 6 heteroatoms. The Bertz CT molecular complexity index is 539. The number of hydrogen-bond acceptors (Lipinski definition) is 4. The van der Waals surface area contributed by atoms with E-state index in [1.807, 2.05) is 12.1 Å². The molecule has 0 bridgehead atoms. The number of aliphatic carboxylic acids is 1. The number of sulfone groups is 1. The van der Waals surface area contributed by atoms with E-state index in [1.165, 1.54) is 6.26 Å². The minimum Gasteiger partial charge on any atom is -0.481 e. The second kappa shape index (κ2) is 6.68. The predicted octanol–water partition coefficient (Wildman–Crippen LogP) is 0.836. The fourth-order valence-electron chi connectivity index (χ4n) is 1.86. The zero-order chi connectivity index (χ0) is 14.5. The summed E-state index contributed by atoms with van der Waals surface area (Å²) >= 11 is 0. The van der Waals surface area contributed by atoms with E-state index in [2.05, 4.69) is 5.32 Å². The van der Waals surface area contributed by atoms with Gasteiger partial charge in [-0.25, -0.2) is 8.42 Å². The van der Waals surface area contributed by atoms with E-state index in [-0.39, 0.29) is 18.2 Å². The van der Waals surface area contributed by atoms with Crippen molar-refractivity contribution < 1.29 is 18.3 Å². The molecule has 19 heavy (non-hydrogen) atoms. The molecule has 2 N–H and O–H groups in total. The first kappa shape index (κ1) is 15.7. The van der Waals surface area contributed by atoms with Gasteiger partial charge in [0.05, 0.1) is 12.2 Å². The third-order valence-corrected chi connectivity index (χ3v) is 3.76. The van der Waals surface area contributed by atoms with Gasteiger partial charge in [0, 0.05) is 18.8 Å². The molecule has 0 amide bonds. The molecule has 106 valence electrons. The van der Waals surface area contributed by atoms with Crippen LogP contribution in [0.4, 0.5) is 0 Å². The highest BCUT2D eigenvalue weighted by atomic mass is 32.2. The van der Waals surface area contributed by atoms with Gasteiger partial charge >= 0.3 is 5.97 Å². The fourth-order valence-corrected chi connectivity index (χ4v) is 2.89. The third kappa shape index (κ3) is 6.35. The molecule has 0 radical (unpaired) electrons. The molecule has 1 rings (SSSR count). The van der Waals surface area contributed by atoms with Crippen molar-refractivity contribution in [2.24, 2.45) is 0 Å². The van der Waals surface area contributed by atoms with Gasteiger partial charge in [-0.2, -0.15) is 0 Å². The van der Waals surface area contributed by atoms with Gasteiger partial charge in [0.1, 0.15) is 9.84 Å². The average molecular weight is 285 g/mol. The molecule has 1 aromatic rings. The van der Waals surface area contributed by atoms with Crippen molar-refractivity contribution in [3.8, 4) is 0 Å². The first-order chi connectivity index (χ1) is 8.78. The second-order valence-electron chi connectivity index (χ2n) is 4.71. The van der Waals surface area contributed by atoms with Gasteiger partial charge < -0.3 is 10.4 Å². The molecular formula is C13H19NO4S. The van der Waals surface area contributed by atoms with Crippen molar-refractivity contribution in [3.05, 3.63) is 35.4 Å². The van der Waals surface area contributed by atoms with Crippen LogP contribution >= 0.6 is 0 Å². The summed E-state index contributed by atoms with van der Waals surface area (Å²) in [4.78, 5) is 10.7. The highest BCUT2D eigenvalue weighted by Gasteiger charge is 2.11. The zero-order valence-electron chi connectivity index (χ0n) is 11.1. The highest BCUT2D eigenvalue weighted by molar-refractivity contribution is 7.90. The molecule has 1 atom stereocenters. The van der Waals surface area contributed by atoms with E-state index in [9.17, 15) is 13.2 Å². The van der Waals surface area contributed by atoms with Crippen LogP contribution in [0.2, 0.25) is 0 Å². The maximum Gasteiger partial charge on any atom is 0.307 e. The fraction of sp³-hybridized carbons (Fsp3) is 0.462. The number of carbonyl (C=O) groups is 1. The normalized spacial score (nSPS) is 13.2. The van der Waals surface area contributed by atoms with E-state index < -0.39 is 15.8 Å². The van der Waals surface area contributed by atoms with E-state index >= 15 is 0 Å². The molecule has 1 aromatic carbocycles. The third-order valence-electron chi connectivity index (χ3n) is 2.65. The Hall–Kier alpha value is -1.40. The molecule has 0 aliphatic heterocycles. The van der Waals surface area contributed by atoms with Gasteiger partial charge in [-0.05, 0) is 18.1 Å². The molecule has 0 fully saturated rings. The van der Waals surface area contributed by atoms with Gasteiger partial charge in [0.2, 0.25) is 0 Å². The Balaban J connectivity index is 2.65. The molecule has 0 aliphatic carbocycles. The molecular weight excluding hydrogens is 266 g/mol. The van der Waals surface area contributed by atoms with E-state index in [1.54, 1.807) is 19.1 Å². The molecule has 1 unspecified atom stereocenters. The molecule has 0 saturated heterocycles. The van der Waals surface area contributed by atoms with Crippen molar-refractivity contribution in [1.82, 2.24) is 5.32 Å². The van der Waals surface area contributed by atoms with Crippen molar-refractivity contribution in [2.45, 2.75) is 25.9 Å². The summed E-state index contributed by atoms with van der Waals surface area (Å²) in [5.41, 5.74) is 1.62. The van der Waals surface area contributed by atoms with Gasteiger partial charge in [-0.15, -0.1) is 0 Å². The molecule has 0 spiro atoms. The minimum atomic E-state index is -3.01. The number of carboxylic acid groups (broad SMARTS) is 1. The van der Waals surface area contributed by atoms with Gasteiger partial charge in [-0.1, -0.05) is 24.3 Å². The van der Waals surface area contributed by atoms with Crippen molar-refractivity contribution in [2.75, 3.05) is 12.0 Å². The highest BCUT2D eigenvalue weighted by Crippen LogP contribution is 2.10. The van der Waals surface area contributed by atoms with Crippen LogP contribution in [0.15, 0.2) is 24.3 Å². The van der Waals surface area contributed by atoms with Crippen molar-refractivity contribution in [1.29, 1.82) is 0 Å². The van der Waals surface area contributed by atoms with Crippen LogP contribution in [-0.4, -0.2) is 37.5 Å². The Labute approximate surface area is 113 Å². The minimum absolute atomic E-state index is 0.0295. The molecule has 0 saturated carbocycles. The Kier molecular flexibility index (Phi) is 5.50. The lowest BCUT2D eigenvalue weighted by atomic mass is 10.0. The second-order valence-corrected chi connectivity index (χ2v) is 6.90. The summed E-state index contributed by atoms with van der Waals surface area (Å²) in [6, 6.07) is 7.07. The summed E-state index contributed by atoms with van der Waals surface area (Å²) < 4.78 is 22.3. The van der Waals surface area contributed by atoms with Crippen molar-refractivity contribution >= 4 is 15.8 Å². The molecule has 0 heterocycles. The van der Waals surface area contributed by atoms with Crippen LogP contribution in [0.1, 0.15) is 18.1 Å². The predicted molar refractivity (Wildman–Crippen MR) is 73.8 cm³/mol. The zero-order valence-corrected chi connectivity index (χ0v) is 11.9. The summed E-state index contributed by atoms with van der Waals surface area (Å²) in [7, 11) is -3.01. The summed E-state index contributed by atoms with van der Waals surface area (Å²) in [6.45, 7) is 2.25. The number of carboxylic acids is 1. The SMILES string of the molecule is CC(CS(C)(=O)=O)NCc1ccccc1CC(=O)O. The maximum absolute atomic E-state index is 11.1. The van der Waals surface area contributed by atoms with Crippen LogP contribution in [-0.2, 0) is 27.6 Å². The molecule has 5 nitrogen and oxygen atoms in total. The van der Waals surface area contributed by atoms with E-state index in [0.717, 1.165) is 11.1 Å². The lowest BCUT2D eigenvalue weighted by molar-refractivity contribution is -0.136. The Morgan fingerprint density at radius 2 is 1.89 bits per heavy atom. The standard InChI is InChI=1S/C13H19NO4S/c1-10(9-19(2,17)18)14-8-12-6-4-3-5-11(12)7-13(15)16/h3-6,10,14H,7-9H2,1-2H3,(H,15,16). The van der Waals surface area contributed by atoms with Crippen LogP contribution in [0.5, 0.6) is 0 Å².